The molecule has 17 heavy (non-hydrogen) atoms. The number of alkyl halides is 1. The summed E-state index contributed by atoms with van der Waals surface area (Å²) in [5.41, 5.74) is 0.745. The van der Waals surface area contributed by atoms with Crippen molar-refractivity contribution < 1.29 is 8.42 Å². The summed E-state index contributed by atoms with van der Waals surface area (Å²) in [6.45, 7) is 5.43. The summed E-state index contributed by atoms with van der Waals surface area (Å²) in [7, 11) is -3.36. The SMILES string of the molecule is CCc1cc(S(=O)(=O)CC(C)CCl)nc(C)n1. The Labute approximate surface area is 107 Å². The number of aryl methyl sites for hydroxylation is 2. The predicted molar refractivity (Wildman–Crippen MR) is 68.1 cm³/mol. The van der Waals surface area contributed by atoms with Gasteiger partial charge in [0.2, 0.25) is 0 Å². The van der Waals surface area contributed by atoms with Crippen molar-refractivity contribution in [2.45, 2.75) is 32.2 Å². The molecule has 0 spiro atoms. The van der Waals surface area contributed by atoms with E-state index in [-0.39, 0.29) is 16.7 Å². The van der Waals surface area contributed by atoms with Crippen molar-refractivity contribution in [3.8, 4) is 0 Å². The molecule has 1 aromatic heterocycles. The van der Waals surface area contributed by atoms with E-state index in [1.54, 1.807) is 19.9 Å². The van der Waals surface area contributed by atoms with E-state index >= 15 is 0 Å². The number of halogens is 1. The Morgan fingerprint density at radius 3 is 2.59 bits per heavy atom. The normalized spacial score (nSPS) is 13.6. The maximum absolute atomic E-state index is 12.1. The van der Waals surface area contributed by atoms with Crippen LogP contribution in [-0.2, 0) is 16.3 Å². The van der Waals surface area contributed by atoms with Gasteiger partial charge in [0.05, 0.1) is 5.75 Å². The molecule has 0 saturated carbocycles. The van der Waals surface area contributed by atoms with Gasteiger partial charge in [0.15, 0.2) is 14.9 Å². The van der Waals surface area contributed by atoms with Crippen molar-refractivity contribution in [2.75, 3.05) is 11.6 Å². The van der Waals surface area contributed by atoms with Crippen LogP contribution in [0.1, 0.15) is 25.4 Å². The minimum Gasteiger partial charge on any atom is -0.238 e. The average molecular weight is 277 g/mol. The van der Waals surface area contributed by atoms with Crippen LogP contribution in [0.25, 0.3) is 0 Å². The lowest BCUT2D eigenvalue weighted by Gasteiger charge is -2.09. The highest BCUT2D eigenvalue weighted by molar-refractivity contribution is 7.91. The van der Waals surface area contributed by atoms with Crippen LogP contribution >= 0.6 is 11.6 Å². The van der Waals surface area contributed by atoms with Crippen LogP contribution in [0.15, 0.2) is 11.1 Å². The molecule has 0 bridgehead atoms. The molecule has 1 rings (SSSR count). The summed E-state index contributed by atoms with van der Waals surface area (Å²) in [6.07, 6.45) is 0.691. The molecule has 4 nitrogen and oxygen atoms in total. The number of sulfone groups is 1. The Morgan fingerprint density at radius 1 is 1.41 bits per heavy atom. The lowest BCUT2D eigenvalue weighted by Crippen LogP contribution is -2.17. The highest BCUT2D eigenvalue weighted by atomic mass is 35.5. The van der Waals surface area contributed by atoms with Gasteiger partial charge < -0.3 is 0 Å². The molecule has 1 aromatic rings. The first-order chi connectivity index (χ1) is 7.89. The van der Waals surface area contributed by atoms with E-state index in [1.165, 1.54) is 0 Å². The number of aromatic nitrogens is 2. The minimum atomic E-state index is -3.36. The molecule has 0 radical (unpaired) electrons. The van der Waals surface area contributed by atoms with Crippen molar-refractivity contribution in [3.63, 3.8) is 0 Å². The Bertz CT molecular complexity index is 488. The van der Waals surface area contributed by atoms with Crippen LogP contribution in [0.3, 0.4) is 0 Å². The maximum atomic E-state index is 12.1. The van der Waals surface area contributed by atoms with Crippen molar-refractivity contribution in [2.24, 2.45) is 5.92 Å². The molecular formula is C11H17ClN2O2S. The number of rotatable bonds is 5. The third kappa shape index (κ3) is 3.92. The zero-order valence-electron chi connectivity index (χ0n) is 10.3. The molecule has 1 atom stereocenters. The minimum absolute atomic E-state index is 0.0239. The number of nitrogens with zero attached hydrogens (tertiary/aromatic N) is 2. The van der Waals surface area contributed by atoms with Crippen LogP contribution < -0.4 is 0 Å². The third-order valence-electron chi connectivity index (χ3n) is 2.32. The van der Waals surface area contributed by atoms with Crippen LogP contribution in [0, 0.1) is 12.8 Å². The Hall–Kier alpha value is -0.680. The van der Waals surface area contributed by atoms with Crippen molar-refractivity contribution >= 4 is 21.4 Å². The lowest BCUT2D eigenvalue weighted by atomic mass is 10.3. The van der Waals surface area contributed by atoms with Crippen molar-refractivity contribution in [1.29, 1.82) is 0 Å². The molecular weight excluding hydrogens is 260 g/mol. The first-order valence-electron chi connectivity index (χ1n) is 5.52. The standard InChI is InChI=1S/C11H17ClN2O2S/c1-4-10-5-11(14-9(3)13-10)17(15,16)7-8(2)6-12/h5,8H,4,6-7H2,1-3H3. The van der Waals surface area contributed by atoms with Gasteiger partial charge in [0, 0.05) is 11.6 Å². The fourth-order valence-corrected chi connectivity index (χ4v) is 3.31. The molecule has 0 fully saturated rings. The summed E-state index contributed by atoms with van der Waals surface area (Å²) in [4.78, 5) is 8.16. The smallest absolute Gasteiger partial charge is 0.196 e. The van der Waals surface area contributed by atoms with Gasteiger partial charge in [0.25, 0.3) is 0 Å². The summed E-state index contributed by atoms with van der Waals surface area (Å²) in [5.74, 6) is 0.753. The topological polar surface area (TPSA) is 59.9 Å². The van der Waals surface area contributed by atoms with Crippen molar-refractivity contribution in [3.05, 3.63) is 17.6 Å². The Kier molecular flexibility index (Phi) is 4.89. The predicted octanol–water partition coefficient (Wildman–Crippen LogP) is 2.00. The van der Waals surface area contributed by atoms with Gasteiger partial charge in [-0.25, -0.2) is 18.4 Å². The quantitative estimate of drug-likeness (QED) is 0.610. The van der Waals surface area contributed by atoms with E-state index in [0.29, 0.717) is 18.1 Å². The van der Waals surface area contributed by atoms with E-state index < -0.39 is 9.84 Å². The van der Waals surface area contributed by atoms with Crippen LogP contribution in [0.4, 0.5) is 0 Å². The molecule has 96 valence electrons. The summed E-state index contributed by atoms with van der Waals surface area (Å²) >= 11 is 5.64. The lowest BCUT2D eigenvalue weighted by molar-refractivity contribution is 0.578. The van der Waals surface area contributed by atoms with Gasteiger partial charge in [-0.1, -0.05) is 13.8 Å². The second-order valence-electron chi connectivity index (χ2n) is 4.14. The second kappa shape index (κ2) is 5.78. The van der Waals surface area contributed by atoms with Crippen LogP contribution in [0.2, 0.25) is 0 Å². The Balaban J connectivity index is 3.10. The average Bonchev–Trinajstić information content (AvgIpc) is 2.27. The van der Waals surface area contributed by atoms with Gasteiger partial charge in [-0.3, -0.25) is 0 Å². The molecule has 0 aliphatic heterocycles. The van der Waals surface area contributed by atoms with E-state index in [1.807, 2.05) is 6.92 Å². The molecule has 0 aromatic carbocycles. The van der Waals surface area contributed by atoms with E-state index in [4.69, 9.17) is 11.6 Å². The summed E-state index contributed by atoms with van der Waals surface area (Å²) in [6, 6.07) is 1.54. The second-order valence-corrected chi connectivity index (χ2v) is 6.43. The molecule has 6 heteroatoms. The fourth-order valence-electron chi connectivity index (χ4n) is 1.44. The number of hydrogen-bond acceptors (Lipinski definition) is 4. The first-order valence-corrected chi connectivity index (χ1v) is 7.71. The molecule has 0 saturated heterocycles. The van der Waals surface area contributed by atoms with Gasteiger partial charge in [-0.15, -0.1) is 11.6 Å². The van der Waals surface area contributed by atoms with Gasteiger partial charge in [-0.05, 0) is 25.3 Å². The van der Waals surface area contributed by atoms with E-state index in [0.717, 1.165) is 5.69 Å². The highest BCUT2D eigenvalue weighted by Crippen LogP contribution is 2.14. The summed E-state index contributed by atoms with van der Waals surface area (Å²) < 4.78 is 24.1. The Morgan fingerprint density at radius 2 is 2.06 bits per heavy atom. The maximum Gasteiger partial charge on any atom is 0.196 e. The van der Waals surface area contributed by atoms with Crippen molar-refractivity contribution in [1.82, 2.24) is 9.97 Å². The molecule has 0 N–H and O–H groups in total. The largest absolute Gasteiger partial charge is 0.238 e. The zero-order chi connectivity index (χ0) is 13.1. The molecule has 0 amide bonds. The van der Waals surface area contributed by atoms with Gasteiger partial charge >= 0.3 is 0 Å². The van der Waals surface area contributed by atoms with E-state index in [2.05, 4.69) is 9.97 Å². The number of hydrogen-bond donors (Lipinski definition) is 0. The zero-order valence-corrected chi connectivity index (χ0v) is 11.8. The third-order valence-corrected chi connectivity index (χ3v) is 4.70. The first kappa shape index (κ1) is 14.4. The van der Waals surface area contributed by atoms with Gasteiger partial charge in [0.1, 0.15) is 5.82 Å². The van der Waals surface area contributed by atoms with Crippen LogP contribution in [0.5, 0.6) is 0 Å². The molecule has 0 aliphatic carbocycles. The highest BCUT2D eigenvalue weighted by Gasteiger charge is 2.20. The fraction of sp³-hybridized carbons (Fsp3) is 0.636. The van der Waals surface area contributed by atoms with E-state index in [9.17, 15) is 8.42 Å². The van der Waals surface area contributed by atoms with Crippen LogP contribution in [-0.4, -0.2) is 30.0 Å². The summed E-state index contributed by atoms with van der Waals surface area (Å²) in [5, 5.41) is 0.110. The van der Waals surface area contributed by atoms with Gasteiger partial charge in [-0.2, -0.15) is 0 Å². The molecule has 0 aliphatic rings. The monoisotopic (exact) mass is 276 g/mol. The molecule has 1 unspecified atom stereocenters. The molecule has 1 heterocycles.